The molecule has 0 saturated heterocycles. The molecular formula is C22H27N5O3. The van der Waals surface area contributed by atoms with Crippen molar-refractivity contribution in [1.82, 2.24) is 20.1 Å². The molecule has 0 aromatic carbocycles. The zero-order chi connectivity index (χ0) is 20.7. The molecule has 3 aromatic heterocycles. The number of fused-ring (bicyclic) bond motifs is 1. The topological polar surface area (TPSA) is 120 Å². The first-order valence-electron chi connectivity index (χ1n) is 10.8. The number of rotatable bonds is 4. The molecule has 3 unspecified atom stereocenters. The summed E-state index contributed by atoms with van der Waals surface area (Å²) in [7, 11) is 0. The van der Waals surface area contributed by atoms with Crippen LogP contribution in [0.1, 0.15) is 51.8 Å². The summed E-state index contributed by atoms with van der Waals surface area (Å²) in [5, 5.41) is 30.1. The summed E-state index contributed by atoms with van der Waals surface area (Å²) in [5.41, 5.74) is 0.827. The van der Waals surface area contributed by atoms with E-state index in [9.17, 15) is 10.2 Å². The van der Waals surface area contributed by atoms with E-state index in [1.165, 1.54) is 12.8 Å². The van der Waals surface area contributed by atoms with Crippen molar-refractivity contribution in [2.24, 2.45) is 17.8 Å². The molecule has 4 fully saturated rings. The lowest BCUT2D eigenvalue weighted by Gasteiger charge is -2.58. The van der Waals surface area contributed by atoms with Gasteiger partial charge in [-0.25, -0.2) is 4.98 Å². The van der Waals surface area contributed by atoms with E-state index in [1.54, 1.807) is 20.0 Å². The molecule has 4 N–H and O–H groups in total. The van der Waals surface area contributed by atoms with Gasteiger partial charge in [0.25, 0.3) is 5.89 Å². The van der Waals surface area contributed by atoms with Crippen molar-refractivity contribution in [3.05, 3.63) is 24.4 Å². The van der Waals surface area contributed by atoms with Gasteiger partial charge in [-0.15, -0.1) is 0 Å². The van der Waals surface area contributed by atoms with E-state index in [-0.39, 0.29) is 5.89 Å². The molecule has 0 amide bonds. The van der Waals surface area contributed by atoms with Crippen LogP contribution in [0.2, 0.25) is 0 Å². The molecule has 4 saturated carbocycles. The molecule has 0 spiro atoms. The fraction of sp³-hybridized carbons (Fsp3) is 0.591. The molecule has 30 heavy (non-hydrogen) atoms. The molecule has 7 rings (SSSR count). The number of anilines is 1. The smallest absolute Gasteiger partial charge is 0.258 e. The molecule has 5 atom stereocenters. The van der Waals surface area contributed by atoms with Gasteiger partial charge >= 0.3 is 0 Å². The maximum Gasteiger partial charge on any atom is 0.258 e. The van der Waals surface area contributed by atoms with Crippen molar-refractivity contribution < 1.29 is 14.7 Å². The first-order chi connectivity index (χ1) is 14.3. The molecule has 0 aliphatic heterocycles. The number of hydrogen-bond acceptors (Lipinski definition) is 7. The second-order valence-corrected chi connectivity index (χ2v) is 10.1. The number of H-pyrrole nitrogens is 1. The normalized spacial score (nSPS) is 32.8. The third-order valence-corrected chi connectivity index (χ3v) is 7.33. The zero-order valence-corrected chi connectivity index (χ0v) is 17.2. The number of aromatic nitrogens is 4. The maximum absolute atomic E-state index is 10.9. The van der Waals surface area contributed by atoms with Crippen LogP contribution in [0, 0.1) is 17.8 Å². The average Bonchev–Trinajstić information content (AvgIpc) is 3.32. The summed E-state index contributed by atoms with van der Waals surface area (Å²) in [5.74, 6) is 2.17. The Hall–Kier alpha value is -2.45. The van der Waals surface area contributed by atoms with Crippen LogP contribution in [0.5, 0.6) is 0 Å². The lowest BCUT2D eigenvalue weighted by atomic mass is 9.52. The van der Waals surface area contributed by atoms with Crippen LogP contribution in [0.15, 0.2) is 23.0 Å². The molecule has 8 nitrogen and oxygen atoms in total. The number of aliphatic hydroxyl groups is 2. The van der Waals surface area contributed by atoms with Gasteiger partial charge in [0.2, 0.25) is 5.82 Å². The molecular weight excluding hydrogens is 382 g/mol. The highest BCUT2D eigenvalue weighted by Crippen LogP contribution is 2.56. The minimum absolute atomic E-state index is 0.175. The highest BCUT2D eigenvalue weighted by atomic mass is 16.5. The van der Waals surface area contributed by atoms with Gasteiger partial charge in [-0.3, -0.25) is 0 Å². The predicted octanol–water partition coefficient (Wildman–Crippen LogP) is 3.19. The summed E-state index contributed by atoms with van der Waals surface area (Å²) in [6.07, 6.45) is 8.71. The highest BCUT2D eigenvalue weighted by molar-refractivity contribution is 5.97. The highest BCUT2D eigenvalue weighted by Gasteiger charge is 2.54. The Morgan fingerprint density at radius 1 is 1.23 bits per heavy atom. The second-order valence-electron chi connectivity index (χ2n) is 10.1. The van der Waals surface area contributed by atoms with Gasteiger partial charge in [0.1, 0.15) is 11.2 Å². The fourth-order valence-electron chi connectivity index (χ4n) is 6.30. The van der Waals surface area contributed by atoms with Gasteiger partial charge in [-0.2, -0.15) is 4.98 Å². The van der Waals surface area contributed by atoms with Crippen molar-refractivity contribution in [3.8, 4) is 11.4 Å². The van der Waals surface area contributed by atoms with Gasteiger partial charge in [0.15, 0.2) is 0 Å². The Kier molecular flexibility index (Phi) is 3.69. The molecule has 8 heteroatoms. The number of nitrogens with zero attached hydrogens (tertiary/aromatic N) is 3. The lowest BCUT2D eigenvalue weighted by Crippen LogP contribution is -2.59. The van der Waals surface area contributed by atoms with Crippen molar-refractivity contribution >= 4 is 16.7 Å². The van der Waals surface area contributed by atoms with Crippen molar-refractivity contribution in [3.63, 3.8) is 0 Å². The second kappa shape index (κ2) is 6.04. The van der Waals surface area contributed by atoms with Crippen LogP contribution < -0.4 is 5.32 Å². The number of nitrogens with one attached hydrogen (secondary N) is 2. The van der Waals surface area contributed by atoms with Crippen LogP contribution in [0.25, 0.3) is 22.4 Å². The maximum atomic E-state index is 10.9. The Bertz CT molecular complexity index is 1100. The van der Waals surface area contributed by atoms with Crippen LogP contribution in [-0.2, 0) is 5.60 Å². The van der Waals surface area contributed by atoms with E-state index < -0.39 is 11.2 Å². The Morgan fingerprint density at radius 3 is 2.67 bits per heavy atom. The third kappa shape index (κ3) is 2.77. The van der Waals surface area contributed by atoms with Crippen molar-refractivity contribution in [1.29, 1.82) is 0 Å². The van der Waals surface area contributed by atoms with Crippen molar-refractivity contribution in [2.45, 2.75) is 63.2 Å². The SMILES string of the molecule is CC(C)(O)c1nc(-c2cnc3[nH]ccc3c2NC2[C@@H]3CC4C[C@H]2CC(O)(C4)C3)no1. The Labute approximate surface area is 174 Å². The third-order valence-electron chi connectivity index (χ3n) is 7.33. The van der Waals surface area contributed by atoms with Crippen molar-refractivity contribution in [2.75, 3.05) is 5.32 Å². The van der Waals surface area contributed by atoms with E-state index in [4.69, 9.17) is 4.52 Å². The Balaban J connectivity index is 1.41. The number of aromatic amines is 1. The standard InChI is InChI=1S/C22H27N5O3/c1-21(2,28)20-26-19(27-30-20)15-10-24-18-14(3-4-23-18)17(15)25-16-12-5-11-6-13(16)9-22(29,7-11)8-12/h3-4,10-13,16,28-29H,5-9H2,1-2H3,(H2,23,24,25)/t11?,12-,13+,16?,22?. The summed E-state index contributed by atoms with van der Waals surface area (Å²) in [6, 6.07) is 2.32. The van der Waals surface area contributed by atoms with Gasteiger partial charge < -0.3 is 25.0 Å². The average molecular weight is 409 g/mol. The molecule has 3 aromatic rings. The molecule has 4 bridgehead atoms. The van der Waals surface area contributed by atoms with E-state index in [0.29, 0.717) is 29.6 Å². The Morgan fingerprint density at radius 2 is 2.00 bits per heavy atom. The number of pyridine rings is 1. The van der Waals surface area contributed by atoms with Crippen LogP contribution in [-0.4, -0.2) is 42.0 Å². The first kappa shape index (κ1) is 18.3. The fourth-order valence-corrected chi connectivity index (χ4v) is 6.30. The van der Waals surface area contributed by atoms with E-state index in [1.807, 2.05) is 12.3 Å². The summed E-state index contributed by atoms with van der Waals surface area (Å²) >= 11 is 0. The lowest BCUT2D eigenvalue weighted by molar-refractivity contribution is -0.129. The zero-order valence-electron chi connectivity index (χ0n) is 17.2. The minimum atomic E-state index is -1.21. The van der Waals surface area contributed by atoms with Gasteiger partial charge in [0, 0.05) is 23.8 Å². The van der Waals surface area contributed by atoms with E-state index >= 15 is 0 Å². The molecule has 158 valence electrons. The summed E-state index contributed by atoms with van der Waals surface area (Å²) in [6.45, 7) is 3.24. The molecule has 3 heterocycles. The molecule has 4 aliphatic carbocycles. The number of hydrogen-bond donors (Lipinski definition) is 4. The van der Waals surface area contributed by atoms with Gasteiger partial charge in [-0.1, -0.05) is 5.16 Å². The quantitative estimate of drug-likeness (QED) is 0.522. The van der Waals surface area contributed by atoms with E-state index in [2.05, 4.69) is 25.4 Å². The van der Waals surface area contributed by atoms with E-state index in [0.717, 1.165) is 41.5 Å². The molecule has 0 radical (unpaired) electrons. The largest absolute Gasteiger partial charge is 0.390 e. The minimum Gasteiger partial charge on any atom is -0.390 e. The monoisotopic (exact) mass is 409 g/mol. The predicted molar refractivity (Wildman–Crippen MR) is 111 cm³/mol. The van der Waals surface area contributed by atoms with Crippen LogP contribution >= 0.6 is 0 Å². The van der Waals surface area contributed by atoms with Crippen LogP contribution in [0.4, 0.5) is 5.69 Å². The summed E-state index contributed by atoms with van der Waals surface area (Å²) in [4.78, 5) is 12.1. The first-order valence-corrected chi connectivity index (χ1v) is 10.8. The molecule has 4 aliphatic rings. The van der Waals surface area contributed by atoms with Gasteiger partial charge in [0.05, 0.1) is 16.9 Å². The van der Waals surface area contributed by atoms with Gasteiger partial charge in [-0.05, 0) is 69.8 Å². The van der Waals surface area contributed by atoms with Crippen LogP contribution in [0.3, 0.4) is 0 Å². The summed E-state index contributed by atoms with van der Waals surface area (Å²) < 4.78 is 5.32.